The molecule has 0 fully saturated rings. The summed E-state index contributed by atoms with van der Waals surface area (Å²) < 4.78 is 6.90. The van der Waals surface area contributed by atoms with Crippen molar-refractivity contribution in [3.05, 3.63) is 41.7 Å². The van der Waals surface area contributed by atoms with Gasteiger partial charge < -0.3 is 14.7 Å². The van der Waals surface area contributed by atoms with Crippen LogP contribution in [-0.4, -0.2) is 57.1 Å². The zero-order valence-electron chi connectivity index (χ0n) is 13.7. The maximum absolute atomic E-state index is 12.1. The fourth-order valence-corrected chi connectivity index (χ4v) is 2.06. The van der Waals surface area contributed by atoms with Gasteiger partial charge in [-0.15, -0.1) is 5.10 Å². The van der Waals surface area contributed by atoms with Gasteiger partial charge in [-0.25, -0.2) is 9.48 Å². The molecule has 0 aliphatic heterocycles. The second-order valence-electron chi connectivity index (χ2n) is 5.39. The van der Waals surface area contributed by atoms with Crippen LogP contribution in [0.5, 0.6) is 5.75 Å². The lowest BCUT2D eigenvalue weighted by molar-refractivity contribution is -0.130. The topological polar surface area (TPSA) is 97.5 Å². The van der Waals surface area contributed by atoms with E-state index in [9.17, 15) is 9.59 Å². The highest BCUT2D eigenvalue weighted by atomic mass is 16.5. The van der Waals surface area contributed by atoms with Gasteiger partial charge in [-0.05, 0) is 25.0 Å². The molecule has 1 N–H and O–H groups in total. The second-order valence-corrected chi connectivity index (χ2v) is 5.39. The molecule has 1 aromatic carbocycles. The Balaban J connectivity index is 1.73. The number of aromatic carboxylic acids is 1. The average molecular weight is 332 g/mol. The highest BCUT2D eigenvalue weighted by Gasteiger charge is 2.13. The van der Waals surface area contributed by atoms with Gasteiger partial charge >= 0.3 is 5.97 Å². The third-order valence-electron chi connectivity index (χ3n) is 3.47. The number of para-hydroxylation sites is 1. The maximum atomic E-state index is 12.1. The first-order valence-electron chi connectivity index (χ1n) is 7.53. The first-order chi connectivity index (χ1) is 11.5. The van der Waals surface area contributed by atoms with Crippen LogP contribution in [0.25, 0.3) is 0 Å². The fourth-order valence-electron chi connectivity index (χ4n) is 2.06. The molecule has 0 saturated heterocycles. The SMILES string of the molecule is Cc1ccccc1OCCCN(C)C(=O)Cn1cc(C(=O)O)nn1. The van der Waals surface area contributed by atoms with Gasteiger partial charge in [0.05, 0.1) is 12.8 Å². The molecule has 2 rings (SSSR count). The number of carbonyl (C=O) groups is 2. The predicted molar refractivity (Wildman–Crippen MR) is 85.9 cm³/mol. The molecule has 128 valence electrons. The minimum atomic E-state index is -1.17. The van der Waals surface area contributed by atoms with Crippen LogP contribution < -0.4 is 4.74 Å². The van der Waals surface area contributed by atoms with Crippen LogP contribution in [0, 0.1) is 6.92 Å². The second kappa shape index (κ2) is 8.09. The van der Waals surface area contributed by atoms with Crippen molar-refractivity contribution in [2.24, 2.45) is 0 Å². The van der Waals surface area contributed by atoms with Crippen LogP contribution >= 0.6 is 0 Å². The van der Waals surface area contributed by atoms with E-state index < -0.39 is 5.97 Å². The molecule has 0 aliphatic carbocycles. The Morgan fingerprint density at radius 3 is 2.75 bits per heavy atom. The van der Waals surface area contributed by atoms with Crippen molar-refractivity contribution >= 4 is 11.9 Å². The van der Waals surface area contributed by atoms with Gasteiger partial charge in [0.2, 0.25) is 5.91 Å². The largest absolute Gasteiger partial charge is 0.493 e. The van der Waals surface area contributed by atoms with Crippen molar-refractivity contribution in [2.45, 2.75) is 19.9 Å². The Bertz CT molecular complexity index is 714. The molecule has 0 unspecified atom stereocenters. The van der Waals surface area contributed by atoms with Gasteiger partial charge in [-0.2, -0.15) is 0 Å². The Morgan fingerprint density at radius 2 is 2.08 bits per heavy atom. The molecule has 1 aromatic heterocycles. The summed E-state index contributed by atoms with van der Waals surface area (Å²) in [6, 6.07) is 7.76. The zero-order valence-corrected chi connectivity index (χ0v) is 13.7. The van der Waals surface area contributed by atoms with Crippen LogP contribution in [0.15, 0.2) is 30.5 Å². The molecule has 0 atom stereocenters. The molecule has 8 nitrogen and oxygen atoms in total. The van der Waals surface area contributed by atoms with Gasteiger partial charge in [-0.1, -0.05) is 23.4 Å². The minimum absolute atomic E-state index is 0.0462. The highest BCUT2D eigenvalue weighted by Crippen LogP contribution is 2.16. The van der Waals surface area contributed by atoms with Crippen LogP contribution in [0.2, 0.25) is 0 Å². The van der Waals surface area contributed by atoms with E-state index in [4.69, 9.17) is 9.84 Å². The van der Waals surface area contributed by atoms with E-state index in [2.05, 4.69) is 10.3 Å². The van der Waals surface area contributed by atoms with E-state index in [-0.39, 0.29) is 18.1 Å². The van der Waals surface area contributed by atoms with Gasteiger partial charge in [0.25, 0.3) is 0 Å². The number of amides is 1. The number of likely N-dealkylation sites (N-methyl/N-ethyl adjacent to an activating group) is 1. The van der Waals surface area contributed by atoms with E-state index in [0.29, 0.717) is 19.6 Å². The molecule has 1 amide bonds. The number of carboxylic acids is 1. The van der Waals surface area contributed by atoms with Crippen molar-refractivity contribution in [1.29, 1.82) is 0 Å². The molecule has 2 aromatic rings. The third kappa shape index (κ3) is 4.80. The Kier molecular flexibility index (Phi) is 5.89. The van der Waals surface area contributed by atoms with Gasteiger partial charge in [0.15, 0.2) is 5.69 Å². The number of aryl methyl sites for hydroxylation is 1. The van der Waals surface area contributed by atoms with Crippen molar-refractivity contribution < 1.29 is 19.4 Å². The number of rotatable bonds is 8. The summed E-state index contributed by atoms with van der Waals surface area (Å²) >= 11 is 0. The van der Waals surface area contributed by atoms with Crippen molar-refractivity contribution in [3.63, 3.8) is 0 Å². The molecule has 0 radical (unpaired) electrons. The van der Waals surface area contributed by atoms with E-state index in [1.165, 1.54) is 10.9 Å². The van der Waals surface area contributed by atoms with Gasteiger partial charge in [-0.3, -0.25) is 4.79 Å². The normalized spacial score (nSPS) is 10.4. The fraction of sp³-hybridized carbons (Fsp3) is 0.375. The number of hydrogen-bond donors (Lipinski definition) is 1. The number of aromatic nitrogens is 3. The molecule has 0 saturated carbocycles. The van der Waals surface area contributed by atoms with Gasteiger partial charge in [0.1, 0.15) is 12.3 Å². The number of carboxylic acid groups (broad SMARTS) is 1. The van der Waals surface area contributed by atoms with Crippen molar-refractivity contribution in [2.75, 3.05) is 20.2 Å². The summed E-state index contributed by atoms with van der Waals surface area (Å²) in [6.07, 6.45) is 1.92. The summed E-state index contributed by atoms with van der Waals surface area (Å²) in [6.45, 7) is 2.98. The first kappa shape index (κ1) is 17.5. The van der Waals surface area contributed by atoms with Crippen molar-refractivity contribution in [3.8, 4) is 5.75 Å². The molecule has 8 heteroatoms. The van der Waals surface area contributed by atoms with Gasteiger partial charge in [0, 0.05) is 13.6 Å². The predicted octanol–water partition coefficient (Wildman–Crippen LogP) is 1.21. The number of nitrogens with zero attached hydrogens (tertiary/aromatic N) is 4. The monoisotopic (exact) mass is 332 g/mol. The molecule has 0 bridgehead atoms. The summed E-state index contributed by atoms with van der Waals surface area (Å²) in [5, 5.41) is 15.9. The third-order valence-corrected chi connectivity index (χ3v) is 3.47. The van der Waals surface area contributed by atoms with Crippen molar-refractivity contribution in [1.82, 2.24) is 19.9 Å². The lowest BCUT2D eigenvalue weighted by atomic mass is 10.2. The molecular formula is C16H20N4O4. The number of benzene rings is 1. The van der Waals surface area contributed by atoms with Crippen LogP contribution in [0.4, 0.5) is 0 Å². The zero-order chi connectivity index (χ0) is 17.5. The van der Waals surface area contributed by atoms with Crippen LogP contribution in [-0.2, 0) is 11.3 Å². The number of hydrogen-bond acceptors (Lipinski definition) is 5. The summed E-state index contributed by atoms with van der Waals surface area (Å²) in [7, 11) is 1.69. The number of carbonyl (C=O) groups excluding carboxylic acids is 1. The highest BCUT2D eigenvalue weighted by molar-refractivity contribution is 5.84. The summed E-state index contributed by atoms with van der Waals surface area (Å²) in [5.74, 6) is -0.501. The summed E-state index contributed by atoms with van der Waals surface area (Å²) in [5.41, 5.74) is 0.888. The van der Waals surface area contributed by atoms with E-state index in [0.717, 1.165) is 11.3 Å². The molecular weight excluding hydrogens is 312 g/mol. The standard InChI is InChI=1S/C16H20N4O4/c1-12-6-3-4-7-14(12)24-9-5-8-19(2)15(21)11-20-10-13(16(22)23)17-18-20/h3-4,6-7,10H,5,8-9,11H2,1-2H3,(H,22,23). The minimum Gasteiger partial charge on any atom is -0.493 e. The maximum Gasteiger partial charge on any atom is 0.358 e. The smallest absolute Gasteiger partial charge is 0.358 e. The quantitative estimate of drug-likeness (QED) is 0.730. The molecule has 1 heterocycles. The Hall–Kier alpha value is -2.90. The lowest BCUT2D eigenvalue weighted by Gasteiger charge is -2.17. The van der Waals surface area contributed by atoms with Crippen LogP contribution in [0.3, 0.4) is 0 Å². The molecule has 24 heavy (non-hydrogen) atoms. The average Bonchev–Trinajstić information content (AvgIpc) is 3.01. The Morgan fingerprint density at radius 1 is 1.33 bits per heavy atom. The number of ether oxygens (including phenoxy) is 1. The summed E-state index contributed by atoms with van der Waals surface area (Å²) in [4.78, 5) is 24.3. The lowest BCUT2D eigenvalue weighted by Crippen LogP contribution is -2.32. The molecule has 0 aliphatic rings. The van der Waals surface area contributed by atoms with E-state index >= 15 is 0 Å². The van der Waals surface area contributed by atoms with E-state index in [1.807, 2.05) is 31.2 Å². The van der Waals surface area contributed by atoms with E-state index in [1.54, 1.807) is 11.9 Å². The Labute approximate surface area is 139 Å². The molecule has 0 spiro atoms. The first-order valence-corrected chi connectivity index (χ1v) is 7.53. The van der Waals surface area contributed by atoms with Crippen LogP contribution in [0.1, 0.15) is 22.5 Å².